The number of halogens is 1. The first kappa shape index (κ1) is 14.4. The molecule has 0 bridgehead atoms. The van der Waals surface area contributed by atoms with Gasteiger partial charge >= 0.3 is 5.97 Å². The Bertz CT molecular complexity index is 473. The number of rotatable bonds is 3. The number of aliphatic carboxylic acids is 1. The van der Waals surface area contributed by atoms with E-state index in [4.69, 9.17) is 5.11 Å². The number of anilines is 1. The van der Waals surface area contributed by atoms with Crippen LogP contribution < -0.4 is 4.90 Å². The normalized spacial score (nSPS) is 22.3. The molecule has 0 aliphatic carbocycles. The maximum absolute atomic E-state index is 11.0. The summed E-state index contributed by atoms with van der Waals surface area (Å²) < 4.78 is 1.07. The average Bonchev–Trinajstić information content (AvgIpc) is 2.32. The van der Waals surface area contributed by atoms with Crippen LogP contribution in [0.2, 0.25) is 0 Å². The van der Waals surface area contributed by atoms with Crippen molar-refractivity contribution in [3.63, 3.8) is 0 Å². The van der Waals surface area contributed by atoms with Crippen LogP contribution in [0.25, 0.3) is 0 Å². The van der Waals surface area contributed by atoms with Crippen LogP contribution in [0.1, 0.15) is 33.1 Å². The first-order valence-electron chi connectivity index (χ1n) is 6.67. The van der Waals surface area contributed by atoms with E-state index >= 15 is 0 Å². The lowest BCUT2D eigenvalue weighted by atomic mass is 9.77. The second-order valence-electron chi connectivity index (χ2n) is 5.69. The summed E-state index contributed by atoms with van der Waals surface area (Å²) in [5.74, 6) is -0.516. The van der Waals surface area contributed by atoms with Crippen LogP contribution in [0, 0.1) is 5.92 Å². The topological polar surface area (TPSA) is 40.5 Å². The van der Waals surface area contributed by atoms with E-state index in [1.165, 1.54) is 0 Å². The smallest absolute Gasteiger partial charge is 0.303 e. The van der Waals surface area contributed by atoms with E-state index in [1.54, 1.807) is 0 Å². The molecule has 1 unspecified atom stereocenters. The third-order valence-electron chi connectivity index (χ3n) is 4.19. The summed E-state index contributed by atoms with van der Waals surface area (Å²) in [6.07, 6.45) is 2.27. The fourth-order valence-corrected chi connectivity index (χ4v) is 3.52. The number of carboxylic acid groups (broad SMARTS) is 1. The van der Waals surface area contributed by atoms with Crippen molar-refractivity contribution in [2.45, 2.75) is 38.6 Å². The van der Waals surface area contributed by atoms with Crippen molar-refractivity contribution in [2.24, 2.45) is 5.92 Å². The van der Waals surface area contributed by atoms with E-state index in [-0.39, 0.29) is 17.9 Å². The first-order valence-corrected chi connectivity index (χ1v) is 7.46. The maximum atomic E-state index is 11.0. The molecule has 1 atom stereocenters. The largest absolute Gasteiger partial charge is 0.481 e. The lowest BCUT2D eigenvalue weighted by molar-refractivity contribution is -0.138. The van der Waals surface area contributed by atoms with Gasteiger partial charge in [-0.1, -0.05) is 12.1 Å². The molecule has 104 valence electrons. The van der Waals surface area contributed by atoms with Crippen molar-refractivity contribution in [3.05, 3.63) is 28.7 Å². The standard InChI is InChI=1S/C15H20BrNO2/c1-15(2)11(10-14(18)19)6-5-9-17(15)13-8-4-3-7-12(13)16/h3-4,7-8,11H,5-6,9-10H2,1-2H3,(H,18,19). The molecular formula is C15H20BrNO2. The second-order valence-corrected chi connectivity index (χ2v) is 6.55. The molecule has 1 aliphatic heterocycles. The van der Waals surface area contributed by atoms with Gasteiger partial charge in [0.15, 0.2) is 0 Å². The third kappa shape index (κ3) is 2.94. The van der Waals surface area contributed by atoms with Crippen molar-refractivity contribution in [1.29, 1.82) is 0 Å². The zero-order valence-electron chi connectivity index (χ0n) is 11.4. The van der Waals surface area contributed by atoms with Gasteiger partial charge < -0.3 is 10.0 Å². The Morgan fingerprint density at radius 3 is 2.79 bits per heavy atom. The van der Waals surface area contributed by atoms with Gasteiger partial charge in [0.1, 0.15) is 0 Å². The maximum Gasteiger partial charge on any atom is 0.303 e. The van der Waals surface area contributed by atoms with E-state index < -0.39 is 5.97 Å². The van der Waals surface area contributed by atoms with Gasteiger partial charge in [-0.3, -0.25) is 4.79 Å². The van der Waals surface area contributed by atoms with Gasteiger partial charge in [-0.2, -0.15) is 0 Å². The third-order valence-corrected chi connectivity index (χ3v) is 4.86. The molecule has 0 amide bonds. The molecule has 1 aromatic carbocycles. The van der Waals surface area contributed by atoms with Crippen LogP contribution in [-0.2, 0) is 4.79 Å². The summed E-state index contributed by atoms with van der Waals surface area (Å²) in [6, 6.07) is 8.15. The van der Waals surface area contributed by atoms with Gasteiger partial charge in [0.2, 0.25) is 0 Å². The number of carbonyl (C=O) groups is 1. The van der Waals surface area contributed by atoms with Gasteiger partial charge in [-0.25, -0.2) is 0 Å². The molecule has 1 N–H and O–H groups in total. The highest BCUT2D eigenvalue weighted by Gasteiger charge is 2.40. The number of hydrogen-bond acceptors (Lipinski definition) is 2. The molecule has 0 radical (unpaired) electrons. The highest BCUT2D eigenvalue weighted by molar-refractivity contribution is 9.10. The van der Waals surface area contributed by atoms with Crippen molar-refractivity contribution >= 4 is 27.6 Å². The molecule has 3 nitrogen and oxygen atoms in total. The van der Waals surface area contributed by atoms with Crippen LogP contribution in [0.15, 0.2) is 28.7 Å². The number of carboxylic acids is 1. The van der Waals surface area contributed by atoms with Crippen molar-refractivity contribution in [3.8, 4) is 0 Å². The van der Waals surface area contributed by atoms with Crippen molar-refractivity contribution in [2.75, 3.05) is 11.4 Å². The molecule has 19 heavy (non-hydrogen) atoms. The predicted octanol–water partition coefficient (Wildman–Crippen LogP) is 3.92. The molecule has 1 fully saturated rings. The molecule has 2 rings (SSSR count). The van der Waals surface area contributed by atoms with Crippen LogP contribution in [0.4, 0.5) is 5.69 Å². The minimum Gasteiger partial charge on any atom is -0.481 e. The summed E-state index contributed by atoms with van der Waals surface area (Å²) in [5.41, 5.74) is 1.02. The minimum atomic E-state index is -0.702. The molecule has 0 aromatic heterocycles. The van der Waals surface area contributed by atoms with E-state index in [2.05, 4.69) is 40.7 Å². The Morgan fingerprint density at radius 2 is 2.16 bits per heavy atom. The van der Waals surface area contributed by atoms with Gasteiger partial charge in [0.25, 0.3) is 0 Å². The second kappa shape index (κ2) is 5.53. The Hall–Kier alpha value is -1.03. The lowest BCUT2D eigenvalue weighted by Crippen LogP contribution is -2.54. The molecule has 0 saturated carbocycles. The van der Waals surface area contributed by atoms with Gasteiger partial charge in [0, 0.05) is 16.6 Å². The number of nitrogens with zero attached hydrogens (tertiary/aromatic N) is 1. The number of benzene rings is 1. The Balaban J connectivity index is 2.30. The monoisotopic (exact) mass is 325 g/mol. The summed E-state index contributed by atoms with van der Waals surface area (Å²) in [6.45, 7) is 5.28. The minimum absolute atomic E-state index is 0.138. The van der Waals surface area contributed by atoms with Gasteiger partial charge in [-0.05, 0) is 60.7 Å². The van der Waals surface area contributed by atoms with Gasteiger partial charge in [-0.15, -0.1) is 0 Å². The molecule has 4 heteroatoms. The zero-order valence-corrected chi connectivity index (χ0v) is 13.0. The average molecular weight is 326 g/mol. The Kier molecular flexibility index (Phi) is 4.19. The summed E-state index contributed by atoms with van der Waals surface area (Å²) >= 11 is 3.60. The number of hydrogen-bond donors (Lipinski definition) is 1. The summed E-state index contributed by atoms with van der Waals surface area (Å²) in [4.78, 5) is 13.4. The lowest BCUT2D eigenvalue weighted by Gasteiger charge is -2.49. The number of piperidine rings is 1. The quantitative estimate of drug-likeness (QED) is 0.915. The summed E-state index contributed by atoms with van der Waals surface area (Å²) in [5, 5.41) is 9.08. The zero-order chi connectivity index (χ0) is 14.0. The highest BCUT2D eigenvalue weighted by atomic mass is 79.9. The fraction of sp³-hybridized carbons (Fsp3) is 0.533. The van der Waals surface area contributed by atoms with E-state index in [1.807, 2.05) is 18.2 Å². The highest BCUT2D eigenvalue weighted by Crippen LogP contribution is 2.40. The van der Waals surface area contributed by atoms with Crippen molar-refractivity contribution in [1.82, 2.24) is 0 Å². The van der Waals surface area contributed by atoms with Crippen LogP contribution >= 0.6 is 15.9 Å². The fourth-order valence-electron chi connectivity index (χ4n) is 3.02. The number of para-hydroxylation sites is 1. The molecule has 0 spiro atoms. The van der Waals surface area contributed by atoms with E-state index in [0.717, 1.165) is 29.5 Å². The van der Waals surface area contributed by atoms with Crippen LogP contribution in [-0.4, -0.2) is 23.2 Å². The molecule has 1 heterocycles. The van der Waals surface area contributed by atoms with Crippen LogP contribution in [0.5, 0.6) is 0 Å². The molecule has 1 aliphatic rings. The first-order chi connectivity index (χ1) is 8.93. The molecule has 1 aromatic rings. The van der Waals surface area contributed by atoms with Crippen molar-refractivity contribution < 1.29 is 9.90 Å². The molecule has 1 saturated heterocycles. The predicted molar refractivity (Wildman–Crippen MR) is 80.5 cm³/mol. The Morgan fingerprint density at radius 1 is 1.47 bits per heavy atom. The van der Waals surface area contributed by atoms with Gasteiger partial charge in [0.05, 0.1) is 12.1 Å². The molecular weight excluding hydrogens is 306 g/mol. The Labute approximate surface area is 122 Å². The van der Waals surface area contributed by atoms with E-state index in [9.17, 15) is 4.79 Å². The SMILES string of the molecule is CC1(C)C(CC(=O)O)CCCN1c1ccccc1Br. The van der Waals surface area contributed by atoms with E-state index in [0.29, 0.717) is 0 Å². The van der Waals surface area contributed by atoms with Crippen LogP contribution in [0.3, 0.4) is 0 Å². The summed E-state index contributed by atoms with van der Waals surface area (Å²) in [7, 11) is 0.